The van der Waals surface area contributed by atoms with Gasteiger partial charge in [-0.1, -0.05) is 36.4 Å². The molecule has 3 rings (SSSR count). The number of hydrogen-bond acceptors (Lipinski definition) is 2. The Labute approximate surface area is 142 Å². The number of carbonyl (C=O) groups is 1. The molecule has 0 radical (unpaired) electrons. The number of rotatable bonds is 3. The second-order valence-corrected chi connectivity index (χ2v) is 6.21. The van der Waals surface area contributed by atoms with E-state index in [1.807, 2.05) is 60.7 Å². The molecule has 0 fully saturated rings. The maximum absolute atomic E-state index is 12.4. The summed E-state index contributed by atoms with van der Waals surface area (Å²) in [6, 6.07) is 22.1. The number of phenolic OH excluding ortho intramolecular Hbond substituents is 1. The molecule has 22 heavy (non-hydrogen) atoms. The Morgan fingerprint density at radius 3 is 1.59 bits per heavy atom. The second-order valence-electron chi connectivity index (χ2n) is 4.96. The minimum absolute atomic E-state index is 0.0219. The molecule has 0 unspecified atom stereocenters. The standard InChI is InChI=1S/C19H13IO2/c20-17-9-5-16(6-10-17)19(22)15-3-1-13(2-4-15)14-7-11-18(21)12-8-14/h1-12,21H. The molecule has 0 saturated heterocycles. The Bertz CT molecular complexity index is 788. The average molecular weight is 400 g/mol. The maximum atomic E-state index is 12.4. The van der Waals surface area contributed by atoms with Gasteiger partial charge in [0.25, 0.3) is 0 Å². The summed E-state index contributed by atoms with van der Waals surface area (Å²) in [7, 11) is 0. The van der Waals surface area contributed by atoms with Crippen LogP contribution in [-0.2, 0) is 0 Å². The monoisotopic (exact) mass is 400 g/mol. The van der Waals surface area contributed by atoms with Crippen LogP contribution in [0.5, 0.6) is 5.75 Å². The molecule has 0 aromatic heterocycles. The van der Waals surface area contributed by atoms with Crippen molar-refractivity contribution in [1.82, 2.24) is 0 Å². The highest BCUT2D eigenvalue weighted by Crippen LogP contribution is 2.23. The molecular formula is C19H13IO2. The minimum atomic E-state index is 0.0219. The predicted molar refractivity (Wildman–Crippen MR) is 96.1 cm³/mol. The number of ketones is 1. The smallest absolute Gasteiger partial charge is 0.193 e. The van der Waals surface area contributed by atoms with E-state index in [1.54, 1.807) is 12.1 Å². The van der Waals surface area contributed by atoms with E-state index in [-0.39, 0.29) is 11.5 Å². The summed E-state index contributed by atoms with van der Waals surface area (Å²) in [6.07, 6.45) is 0. The maximum Gasteiger partial charge on any atom is 0.193 e. The first-order valence-electron chi connectivity index (χ1n) is 6.83. The van der Waals surface area contributed by atoms with Crippen LogP contribution in [0.25, 0.3) is 11.1 Å². The van der Waals surface area contributed by atoms with Gasteiger partial charge >= 0.3 is 0 Å². The largest absolute Gasteiger partial charge is 0.508 e. The quantitative estimate of drug-likeness (QED) is 0.502. The molecule has 0 atom stereocenters. The van der Waals surface area contributed by atoms with Crippen LogP contribution < -0.4 is 0 Å². The van der Waals surface area contributed by atoms with Gasteiger partial charge in [0.15, 0.2) is 5.78 Å². The molecule has 0 amide bonds. The summed E-state index contributed by atoms with van der Waals surface area (Å²) >= 11 is 2.22. The van der Waals surface area contributed by atoms with Crippen LogP contribution in [0.15, 0.2) is 72.8 Å². The van der Waals surface area contributed by atoms with Gasteiger partial charge in [0.1, 0.15) is 5.75 Å². The van der Waals surface area contributed by atoms with Gasteiger partial charge in [-0.3, -0.25) is 4.79 Å². The van der Waals surface area contributed by atoms with Crippen molar-refractivity contribution in [1.29, 1.82) is 0 Å². The first-order valence-corrected chi connectivity index (χ1v) is 7.91. The highest BCUT2D eigenvalue weighted by Gasteiger charge is 2.09. The third kappa shape index (κ3) is 3.20. The number of phenols is 1. The Kier molecular flexibility index (Phi) is 4.24. The fourth-order valence-electron chi connectivity index (χ4n) is 2.24. The van der Waals surface area contributed by atoms with Crippen molar-refractivity contribution >= 4 is 28.4 Å². The van der Waals surface area contributed by atoms with Crippen molar-refractivity contribution in [2.24, 2.45) is 0 Å². The second kappa shape index (κ2) is 6.32. The van der Waals surface area contributed by atoms with Crippen LogP contribution in [0.3, 0.4) is 0 Å². The molecule has 0 saturated carbocycles. The zero-order valence-electron chi connectivity index (χ0n) is 11.7. The Balaban J connectivity index is 1.86. The van der Waals surface area contributed by atoms with Gasteiger partial charge in [-0.05, 0) is 70.1 Å². The third-order valence-electron chi connectivity index (χ3n) is 3.45. The lowest BCUT2D eigenvalue weighted by atomic mass is 9.99. The van der Waals surface area contributed by atoms with Crippen molar-refractivity contribution in [2.45, 2.75) is 0 Å². The molecule has 0 bridgehead atoms. The van der Waals surface area contributed by atoms with E-state index >= 15 is 0 Å². The fourth-order valence-corrected chi connectivity index (χ4v) is 2.60. The molecule has 3 aromatic rings. The van der Waals surface area contributed by atoms with Crippen molar-refractivity contribution in [3.05, 3.63) is 87.5 Å². The molecule has 0 aliphatic carbocycles. The molecular weight excluding hydrogens is 387 g/mol. The number of aromatic hydroxyl groups is 1. The summed E-state index contributed by atoms with van der Waals surface area (Å²) in [5.41, 5.74) is 3.38. The molecule has 0 aliphatic rings. The van der Waals surface area contributed by atoms with Crippen molar-refractivity contribution in [3.8, 4) is 16.9 Å². The number of halogens is 1. The van der Waals surface area contributed by atoms with Crippen LogP contribution >= 0.6 is 22.6 Å². The summed E-state index contributed by atoms with van der Waals surface area (Å²) in [5.74, 6) is 0.267. The first kappa shape index (κ1) is 14.8. The fraction of sp³-hybridized carbons (Fsp3) is 0. The number of benzene rings is 3. The van der Waals surface area contributed by atoms with E-state index in [1.165, 1.54) is 0 Å². The van der Waals surface area contributed by atoms with E-state index < -0.39 is 0 Å². The van der Waals surface area contributed by atoms with E-state index in [9.17, 15) is 9.90 Å². The summed E-state index contributed by atoms with van der Waals surface area (Å²) in [4.78, 5) is 12.4. The lowest BCUT2D eigenvalue weighted by Crippen LogP contribution is -2.00. The molecule has 0 heterocycles. The van der Waals surface area contributed by atoms with E-state index in [0.29, 0.717) is 11.1 Å². The molecule has 108 valence electrons. The molecule has 2 nitrogen and oxygen atoms in total. The van der Waals surface area contributed by atoms with Gasteiger partial charge in [0, 0.05) is 14.7 Å². The van der Waals surface area contributed by atoms with Crippen LogP contribution in [0.4, 0.5) is 0 Å². The van der Waals surface area contributed by atoms with Gasteiger partial charge in [-0.2, -0.15) is 0 Å². The minimum Gasteiger partial charge on any atom is -0.508 e. The number of carbonyl (C=O) groups excluding carboxylic acids is 1. The van der Waals surface area contributed by atoms with Crippen LogP contribution in [0, 0.1) is 3.57 Å². The summed E-state index contributed by atoms with van der Waals surface area (Å²) in [6.45, 7) is 0. The van der Waals surface area contributed by atoms with Crippen molar-refractivity contribution < 1.29 is 9.90 Å². The summed E-state index contributed by atoms with van der Waals surface area (Å²) in [5, 5.41) is 9.32. The molecule has 0 aliphatic heterocycles. The zero-order chi connectivity index (χ0) is 15.5. The van der Waals surface area contributed by atoms with Gasteiger partial charge in [-0.25, -0.2) is 0 Å². The molecule has 0 spiro atoms. The highest BCUT2D eigenvalue weighted by molar-refractivity contribution is 14.1. The van der Waals surface area contributed by atoms with Gasteiger partial charge in [-0.15, -0.1) is 0 Å². The van der Waals surface area contributed by atoms with E-state index in [4.69, 9.17) is 0 Å². The van der Waals surface area contributed by atoms with Crippen molar-refractivity contribution in [3.63, 3.8) is 0 Å². The summed E-state index contributed by atoms with van der Waals surface area (Å²) < 4.78 is 1.11. The zero-order valence-corrected chi connectivity index (χ0v) is 13.8. The molecule has 1 N–H and O–H groups in total. The Hall–Kier alpha value is -2.14. The predicted octanol–water partition coefficient (Wildman–Crippen LogP) is 4.89. The topological polar surface area (TPSA) is 37.3 Å². The lowest BCUT2D eigenvalue weighted by Gasteiger charge is -2.05. The number of hydrogen-bond donors (Lipinski definition) is 1. The Morgan fingerprint density at radius 1 is 0.682 bits per heavy atom. The van der Waals surface area contributed by atoms with Crippen LogP contribution in [0.1, 0.15) is 15.9 Å². The van der Waals surface area contributed by atoms with E-state index in [0.717, 1.165) is 14.7 Å². The van der Waals surface area contributed by atoms with Gasteiger partial charge < -0.3 is 5.11 Å². The molecule has 3 heteroatoms. The van der Waals surface area contributed by atoms with Crippen molar-refractivity contribution in [2.75, 3.05) is 0 Å². The Morgan fingerprint density at radius 2 is 1.09 bits per heavy atom. The average Bonchev–Trinajstić information content (AvgIpc) is 2.56. The first-order chi connectivity index (χ1) is 10.6. The van der Waals surface area contributed by atoms with Crippen LogP contribution in [0.2, 0.25) is 0 Å². The van der Waals surface area contributed by atoms with Gasteiger partial charge in [0.05, 0.1) is 0 Å². The molecule has 3 aromatic carbocycles. The van der Waals surface area contributed by atoms with Crippen LogP contribution in [-0.4, -0.2) is 10.9 Å². The van der Waals surface area contributed by atoms with Gasteiger partial charge in [0.2, 0.25) is 0 Å². The normalized spacial score (nSPS) is 10.4. The van der Waals surface area contributed by atoms with E-state index in [2.05, 4.69) is 22.6 Å². The third-order valence-corrected chi connectivity index (χ3v) is 4.17. The lowest BCUT2D eigenvalue weighted by molar-refractivity contribution is 0.103. The highest BCUT2D eigenvalue weighted by atomic mass is 127. The SMILES string of the molecule is O=C(c1ccc(I)cc1)c1ccc(-c2ccc(O)cc2)cc1.